The van der Waals surface area contributed by atoms with Gasteiger partial charge in [-0.25, -0.2) is 12.4 Å². The van der Waals surface area contributed by atoms with E-state index in [4.69, 9.17) is 16.3 Å². The van der Waals surface area contributed by atoms with Crippen LogP contribution in [0.15, 0.2) is 65.8 Å². The Morgan fingerprint density at radius 1 is 1.15 bits per heavy atom. The van der Waals surface area contributed by atoms with Gasteiger partial charge in [0.2, 0.25) is 0 Å². The van der Waals surface area contributed by atoms with Gasteiger partial charge >= 0.3 is 5.97 Å². The minimum atomic E-state index is -3.93. The number of carbonyl (C=O) groups excluding carboxylic acids is 1. The maximum Gasteiger partial charge on any atom is 0.310 e. The predicted molar refractivity (Wildman–Crippen MR) is 128 cm³/mol. The average molecular weight is 496 g/mol. The van der Waals surface area contributed by atoms with E-state index >= 15 is 0 Å². The molecule has 7 nitrogen and oxygen atoms in total. The van der Waals surface area contributed by atoms with E-state index < -0.39 is 10.0 Å². The summed E-state index contributed by atoms with van der Waals surface area (Å²) in [6.07, 6.45) is 3.51. The molecular formula is C25H22ClN3O4S. The number of nitriles is 1. The quantitative estimate of drug-likeness (QED) is 0.352. The van der Waals surface area contributed by atoms with Crippen LogP contribution < -0.4 is 0 Å². The van der Waals surface area contributed by atoms with E-state index in [0.29, 0.717) is 11.3 Å². The summed E-state index contributed by atoms with van der Waals surface area (Å²) in [4.78, 5) is 12.3. The zero-order valence-corrected chi connectivity index (χ0v) is 20.2. The topological polar surface area (TPSA) is 93.6 Å². The molecule has 1 aromatic carbocycles. The van der Waals surface area contributed by atoms with E-state index in [0.717, 1.165) is 22.3 Å². The van der Waals surface area contributed by atoms with Crippen LogP contribution in [0.3, 0.4) is 0 Å². The van der Waals surface area contributed by atoms with Crippen molar-refractivity contribution in [2.75, 3.05) is 6.61 Å². The van der Waals surface area contributed by atoms with Gasteiger partial charge in [-0.05, 0) is 61.4 Å². The molecule has 174 valence electrons. The number of carbonyl (C=O) groups is 1. The summed E-state index contributed by atoms with van der Waals surface area (Å²) >= 11 is 6.18. The third kappa shape index (κ3) is 4.20. The fourth-order valence-corrected chi connectivity index (χ4v) is 5.95. The highest BCUT2D eigenvalue weighted by molar-refractivity contribution is 7.90. The molecule has 4 aromatic rings. The summed E-state index contributed by atoms with van der Waals surface area (Å²) in [5, 5.41) is 9.55. The smallest absolute Gasteiger partial charge is 0.310 e. The molecule has 0 N–H and O–H groups in total. The summed E-state index contributed by atoms with van der Waals surface area (Å²) in [5.41, 5.74) is 4.14. The second-order valence-electron chi connectivity index (χ2n) is 7.72. The van der Waals surface area contributed by atoms with Gasteiger partial charge in [0.25, 0.3) is 10.0 Å². The van der Waals surface area contributed by atoms with Crippen LogP contribution in [0, 0.1) is 18.3 Å². The van der Waals surface area contributed by atoms with Crippen molar-refractivity contribution in [1.82, 2.24) is 8.37 Å². The zero-order valence-electron chi connectivity index (χ0n) is 18.7. The SMILES string of the molecule is CCOC(=O)Cc1c(C)c(Cc2cccn2S(=O)(=O)c2ccccc2Cl)n2cc(C#N)ccc12. The van der Waals surface area contributed by atoms with Crippen molar-refractivity contribution in [3.63, 3.8) is 0 Å². The molecule has 0 radical (unpaired) electrons. The molecule has 3 heterocycles. The average Bonchev–Trinajstić information content (AvgIpc) is 3.38. The molecule has 3 aromatic heterocycles. The van der Waals surface area contributed by atoms with Crippen LogP contribution in [0.1, 0.15) is 35.0 Å². The Morgan fingerprint density at radius 2 is 1.91 bits per heavy atom. The lowest BCUT2D eigenvalue weighted by Gasteiger charge is -2.12. The highest BCUT2D eigenvalue weighted by Crippen LogP contribution is 2.29. The van der Waals surface area contributed by atoms with Crippen LogP contribution in [0.5, 0.6) is 0 Å². The van der Waals surface area contributed by atoms with Crippen molar-refractivity contribution in [1.29, 1.82) is 5.26 Å². The predicted octanol–water partition coefficient (Wildman–Crippen LogP) is 4.51. The normalized spacial score (nSPS) is 11.5. The third-order valence-corrected chi connectivity index (χ3v) is 7.93. The van der Waals surface area contributed by atoms with Crippen molar-refractivity contribution in [3.05, 3.63) is 94.0 Å². The molecular weight excluding hydrogens is 474 g/mol. The molecule has 0 aliphatic carbocycles. The molecule has 0 saturated heterocycles. The number of ether oxygens (including phenoxy) is 1. The molecule has 0 bridgehead atoms. The monoisotopic (exact) mass is 495 g/mol. The summed E-state index contributed by atoms with van der Waals surface area (Å²) in [5.74, 6) is -0.348. The largest absolute Gasteiger partial charge is 0.466 e. The van der Waals surface area contributed by atoms with E-state index in [1.807, 2.05) is 11.3 Å². The number of rotatable bonds is 7. The Bertz CT molecular complexity index is 1540. The van der Waals surface area contributed by atoms with E-state index in [-0.39, 0.29) is 35.3 Å². The van der Waals surface area contributed by atoms with Gasteiger partial charge in [-0.2, -0.15) is 5.26 Å². The van der Waals surface area contributed by atoms with Crippen molar-refractivity contribution < 1.29 is 17.9 Å². The summed E-state index contributed by atoms with van der Waals surface area (Å²) in [6, 6.07) is 15.3. The van der Waals surface area contributed by atoms with Crippen molar-refractivity contribution in [2.24, 2.45) is 0 Å². The molecule has 9 heteroatoms. The fraction of sp³-hybridized carbons (Fsp3) is 0.200. The van der Waals surface area contributed by atoms with Gasteiger partial charge in [-0.1, -0.05) is 23.7 Å². The minimum Gasteiger partial charge on any atom is -0.466 e. The van der Waals surface area contributed by atoms with Crippen molar-refractivity contribution in [3.8, 4) is 6.07 Å². The van der Waals surface area contributed by atoms with Gasteiger partial charge in [0, 0.05) is 35.7 Å². The number of esters is 1. The van der Waals surface area contributed by atoms with Gasteiger partial charge in [0.15, 0.2) is 0 Å². The van der Waals surface area contributed by atoms with Crippen LogP contribution in [-0.2, 0) is 32.4 Å². The number of hydrogen-bond donors (Lipinski definition) is 0. The highest BCUT2D eigenvalue weighted by Gasteiger charge is 2.24. The number of aromatic nitrogens is 2. The van der Waals surface area contributed by atoms with E-state index in [1.54, 1.807) is 49.5 Å². The zero-order chi connectivity index (χ0) is 24.5. The molecule has 4 rings (SSSR count). The first kappa shape index (κ1) is 23.6. The number of fused-ring (bicyclic) bond motifs is 1. The van der Waals surface area contributed by atoms with Crippen LogP contribution >= 0.6 is 11.6 Å². The molecule has 0 unspecified atom stereocenters. The van der Waals surface area contributed by atoms with Crippen LogP contribution in [0.2, 0.25) is 5.02 Å². The highest BCUT2D eigenvalue weighted by atomic mass is 35.5. The number of benzene rings is 1. The number of halogens is 1. The van der Waals surface area contributed by atoms with Gasteiger partial charge < -0.3 is 9.14 Å². The fourth-order valence-electron chi connectivity index (χ4n) is 4.08. The van der Waals surface area contributed by atoms with Crippen LogP contribution in [0.25, 0.3) is 5.52 Å². The second kappa shape index (κ2) is 9.37. The van der Waals surface area contributed by atoms with Crippen LogP contribution in [0.4, 0.5) is 0 Å². The lowest BCUT2D eigenvalue weighted by Crippen LogP contribution is -2.16. The standard InChI is InChI=1S/C25H22ClN3O4S/c1-3-33-25(30)14-20-17(2)23(28-16-18(15-27)10-11-22(20)28)13-19-7-6-12-29(19)34(31,32)24-9-5-4-8-21(24)26/h4-12,16H,3,13-14H2,1-2H3. The second-order valence-corrected chi connectivity index (χ2v) is 9.92. The summed E-state index contributed by atoms with van der Waals surface area (Å²) in [6.45, 7) is 3.92. The molecule has 0 aliphatic rings. The molecule has 0 spiro atoms. The molecule has 0 atom stereocenters. The Morgan fingerprint density at radius 3 is 2.62 bits per heavy atom. The third-order valence-electron chi connectivity index (χ3n) is 5.70. The molecule has 0 saturated carbocycles. The molecule has 34 heavy (non-hydrogen) atoms. The summed E-state index contributed by atoms with van der Waals surface area (Å²) in [7, 11) is -3.93. The van der Waals surface area contributed by atoms with Gasteiger partial charge in [-0.15, -0.1) is 0 Å². The van der Waals surface area contributed by atoms with Gasteiger partial charge in [-0.3, -0.25) is 4.79 Å². The molecule has 0 aliphatic heterocycles. The van der Waals surface area contributed by atoms with Crippen LogP contribution in [-0.4, -0.2) is 29.4 Å². The van der Waals surface area contributed by atoms with E-state index in [2.05, 4.69) is 6.07 Å². The Kier molecular flexibility index (Phi) is 6.51. The molecule has 0 amide bonds. The van der Waals surface area contributed by atoms with Gasteiger partial charge in [0.05, 0.1) is 23.6 Å². The summed E-state index contributed by atoms with van der Waals surface area (Å²) < 4.78 is 34.9. The Hall–Kier alpha value is -3.54. The maximum absolute atomic E-state index is 13.4. The number of pyridine rings is 1. The van der Waals surface area contributed by atoms with Crippen molar-refractivity contribution >= 4 is 33.1 Å². The lowest BCUT2D eigenvalue weighted by atomic mass is 10.1. The molecule has 0 fully saturated rings. The van der Waals surface area contributed by atoms with E-state index in [9.17, 15) is 18.5 Å². The first-order chi connectivity index (χ1) is 16.3. The van der Waals surface area contributed by atoms with Gasteiger partial charge in [0.1, 0.15) is 11.0 Å². The van der Waals surface area contributed by atoms with Crippen molar-refractivity contribution in [2.45, 2.75) is 31.6 Å². The number of nitrogens with zero attached hydrogens (tertiary/aromatic N) is 3. The number of hydrogen-bond acceptors (Lipinski definition) is 5. The lowest BCUT2D eigenvalue weighted by molar-refractivity contribution is -0.142. The Balaban J connectivity index is 1.84. The minimum absolute atomic E-state index is 0.0145. The Labute approximate surface area is 202 Å². The first-order valence-corrected chi connectivity index (χ1v) is 12.4. The maximum atomic E-state index is 13.4. The first-order valence-electron chi connectivity index (χ1n) is 10.6. The van der Waals surface area contributed by atoms with E-state index in [1.165, 1.54) is 22.3 Å².